The number of allylic oxidation sites excluding steroid dienone is 1. The van der Waals surface area contributed by atoms with Crippen LogP contribution in [0.3, 0.4) is 0 Å². The fourth-order valence-corrected chi connectivity index (χ4v) is 13.0. The average Bonchev–Trinajstić information content (AvgIpc) is 3.43. The summed E-state index contributed by atoms with van der Waals surface area (Å²) in [4.78, 5) is 25.4. The number of carbonyl (C=O) groups is 2. The Bertz CT molecular complexity index is 1220. The molecule has 0 N–H and O–H groups in total. The predicted molar refractivity (Wildman–Crippen MR) is 193 cm³/mol. The van der Waals surface area contributed by atoms with Crippen LogP contribution >= 0.6 is 0 Å². The minimum Gasteiger partial charge on any atom is -0.465 e. The molecule has 0 aliphatic carbocycles. The molecule has 9 heteroatoms. The Hall–Kier alpha value is -2.21. The first-order valence-electron chi connectivity index (χ1n) is 16.9. The van der Waals surface area contributed by atoms with E-state index in [1.807, 2.05) is 13.0 Å². The zero-order valence-electron chi connectivity index (χ0n) is 30.8. The lowest BCUT2D eigenvalue weighted by Gasteiger charge is -2.44. The molecule has 46 heavy (non-hydrogen) atoms. The summed E-state index contributed by atoms with van der Waals surface area (Å²) in [5.74, 6) is 0.267. The molecular formula is C37H62O7Si2. The maximum atomic E-state index is 12.9. The summed E-state index contributed by atoms with van der Waals surface area (Å²) in [5.41, 5.74) is 2.59. The molecule has 1 saturated heterocycles. The molecule has 4 atom stereocenters. The molecule has 2 rings (SSSR count). The van der Waals surface area contributed by atoms with E-state index >= 15 is 0 Å². The van der Waals surface area contributed by atoms with Crippen LogP contribution < -0.4 is 0 Å². The third-order valence-electron chi connectivity index (χ3n) is 9.61. The Balaban J connectivity index is 2.20. The Morgan fingerprint density at radius 3 is 2.13 bits per heavy atom. The first-order chi connectivity index (χ1) is 21.2. The zero-order chi connectivity index (χ0) is 35.2. The monoisotopic (exact) mass is 674 g/mol. The molecule has 0 spiro atoms. The smallest absolute Gasteiger partial charge is 0.341 e. The highest BCUT2D eigenvalue weighted by Crippen LogP contribution is 2.54. The van der Waals surface area contributed by atoms with Crippen molar-refractivity contribution in [1.29, 1.82) is 0 Å². The molecule has 1 aliphatic rings. The molecule has 0 saturated carbocycles. The highest BCUT2D eigenvalue weighted by Gasteiger charge is 2.57. The van der Waals surface area contributed by atoms with Gasteiger partial charge in [0.05, 0.1) is 19.8 Å². The second kappa shape index (κ2) is 16.3. The van der Waals surface area contributed by atoms with Gasteiger partial charge in [0, 0.05) is 26.5 Å². The number of hydrogen-bond acceptors (Lipinski definition) is 7. The van der Waals surface area contributed by atoms with Crippen molar-refractivity contribution in [1.82, 2.24) is 0 Å². The van der Waals surface area contributed by atoms with E-state index in [4.69, 9.17) is 23.1 Å². The third-order valence-corrected chi connectivity index (χ3v) is 17.4. The largest absolute Gasteiger partial charge is 0.465 e. The van der Waals surface area contributed by atoms with Crippen LogP contribution in [0.5, 0.6) is 0 Å². The summed E-state index contributed by atoms with van der Waals surface area (Å²) in [6.07, 6.45) is 3.58. The van der Waals surface area contributed by atoms with Crippen LogP contribution in [0, 0.1) is 5.92 Å². The van der Waals surface area contributed by atoms with Gasteiger partial charge in [-0.05, 0) is 61.3 Å². The topological polar surface area (TPSA) is 87.5 Å². The van der Waals surface area contributed by atoms with E-state index in [9.17, 15) is 9.59 Å². The zero-order valence-corrected chi connectivity index (χ0v) is 32.8. The van der Waals surface area contributed by atoms with Crippen molar-refractivity contribution in [2.45, 2.75) is 141 Å². The SMILES string of the molecule is C=C[C@H](CC1(C)OC1c1cc(C(=O)OC)c(C[C@@H](CCC(=C)C(=O)OCC[Si](C)(C)C)C(=C)C)o1)O[Si](C(C)C)(C(C)C)C(C)C. The molecule has 1 aromatic heterocycles. The van der Waals surface area contributed by atoms with Crippen LogP contribution in [0.25, 0.3) is 0 Å². The number of furan rings is 1. The molecule has 2 unspecified atom stereocenters. The fraction of sp³-hybridized carbons (Fsp3) is 0.676. The summed E-state index contributed by atoms with van der Waals surface area (Å²) in [7, 11) is -2.06. The summed E-state index contributed by atoms with van der Waals surface area (Å²) in [5, 5.41) is 0. The second-order valence-corrected chi connectivity index (χ2v) is 26.6. The van der Waals surface area contributed by atoms with Gasteiger partial charge in [-0.3, -0.25) is 0 Å². The number of carbonyl (C=O) groups excluding carboxylic acids is 2. The van der Waals surface area contributed by atoms with Crippen LogP contribution in [0.4, 0.5) is 0 Å². The number of methoxy groups -OCH3 is 1. The van der Waals surface area contributed by atoms with E-state index in [2.05, 4.69) is 87.8 Å². The highest BCUT2D eigenvalue weighted by atomic mass is 28.4. The number of rotatable bonds is 20. The molecule has 1 aliphatic heterocycles. The van der Waals surface area contributed by atoms with E-state index < -0.39 is 28.0 Å². The van der Waals surface area contributed by atoms with Crippen molar-refractivity contribution in [3.8, 4) is 0 Å². The molecule has 0 aromatic carbocycles. The second-order valence-electron chi connectivity index (χ2n) is 15.5. The molecule has 0 radical (unpaired) electrons. The summed E-state index contributed by atoms with van der Waals surface area (Å²) < 4.78 is 30.3. The van der Waals surface area contributed by atoms with Crippen LogP contribution in [-0.2, 0) is 29.9 Å². The third kappa shape index (κ3) is 10.1. The van der Waals surface area contributed by atoms with Crippen molar-refractivity contribution in [2.24, 2.45) is 5.92 Å². The standard InChI is InChI=1S/C37H62O7Si2/c1-16-30(44-46(25(4)5,26(6)7)27(8)9)23-37(11)34(43-37)33-22-31(36(39)40-12)32(42-33)21-29(24(2)3)18-17-28(10)35(38)41-19-20-45(13,14)15/h16,22,25-27,29-30,34H,1-2,10,17-21,23H2,3-9,11-15H3/t29-,30-,34?,37?/m1/s1. The minimum absolute atomic E-state index is 0.0415. The van der Waals surface area contributed by atoms with E-state index in [0.717, 1.165) is 11.6 Å². The minimum atomic E-state index is -2.13. The van der Waals surface area contributed by atoms with Crippen molar-refractivity contribution in [3.05, 3.63) is 60.1 Å². The maximum absolute atomic E-state index is 12.9. The van der Waals surface area contributed by atoms with Gasteiger partial charge in [-0.1, -0.05) is 86.0 Å². The molecule has 1 aromatic rings. The average molecular weight is 675 g/mol. The molecule has 260 valence electrons. The molecule has 2 heterocycles. The van der Waals surface area contributed by atoms with Crippen LogP contribution in [0.1, 0.15) is 103 Å². The van der Waals surface area contributed by atoms with E-state index in [-0.39, 0.29) is 24.1 Å². The normalized spacial score (nSPS) is 19.7. The Labute approximate surface area is 281 Å². The lowest BCUT2D eigenvalue weighted by molar-refractivity contribution is -0.138. The highest BCUT2D eigenvalue weighted by molar-refractivity contribution is 6.77. The van der Waals surface area contributed by atoms with Crippen molar-refractivity contribution < 1.29 is 32.6 Å². The number of epoxide rings is 1. The molecule has 7 nitrogen and oxygen atoms in total. The maximum Gasteiger partial charge on any atom is 0.341 e. The van der Waals surface area contributed by atoms with Gasteiger partial charge in [0.1, 0.15) is 28.8 Å². The van der Waals surface area contributed by atoms with Gasteiger partial charge in [0.15, 0.2) is 0 Å². The lowest BCUT2D eigenvalue weighted by atomic mass is 9.89. The number of hydrogen-bond donors (Lipinski definition) is 0. The van der Waals surface area contributed by atoms with Crippen molar-refractivity contribution in [2.75, 3.05) is 13.7 Å². The van der Waals surface area contributed by atoms with Gasteiger partial charge in [0.2, 0.25) is 8.32 Å². The first-order valence-corrected chi connectivity index (χ1v) is 22.8. The summed E-state index contributed by atoms with van der Waals surface area (Å²) in [6.45, 7) is 37.1. The Morgan fingerprint density at radius 1 is 1.07 bits per heavy atom. The van der Waals surface area contributed by atoms with Crippen molar-refractivity contribution >= 4 is 28.3 Å². The summed E-state index contributed by atoms with van der Waals surface area (Å²) in [6, 6.07) is 2.67. The lowest BCUT2D eigenvalue weighted by Crippen LogP contribution is -2.50. The van der Waals surface area contributed by atoms with Gasteiger partial charge < -0.3 is 23.1 Å². The molecular weight excluding hydrogens is 613 g/mol. The first kappa shape index (κ1) is 40.0. The van der Waals surface area contributed by atoms with Gasteiger partial charge in [-0.15, -0.1) is 6.58 Å². The molecule has 0 bridgehead atoms. The number of esters is 2. The Morgan fingerprint density at radius 2 is 1.65 bits per heavy atom. The quantitative estimate of drug-likeness (QED) is 0.0447. The van der Waals surface area contributed by atoms with E-state index in [0.29, 0.717) is 71.6 Å². The van der Waals surface area contributed by atoms with Gasteiger partial charge >= 0.3 is 11.9 Å². The van der Waals surface area contributed by atoms with Gasteiger partial charge in [0.25, 0.3) is 0 Å². The van der Waals surface area contributed by atoms with Gasteiger partial charge in [-0.25, -0.2) is 9.59 Å². The molecule has 1 fully saturated rings. The Kier molecular flexibility index (Phi) is 14.1. The van der Waals surface area contributed by atoms with Crippen LogP contribution in [-0.4, -0.2) is 53.8 Å². The fourth-order valence-electron chi connectivity index (χ4n) is 6.75. The van der Waals surface area contributed by atoms with E-state index in [1.54, 1.807) is 6.07 Å². The van der Waals surface area contributed by atoms with E-state index in [1.165, 1.54) is 7.11 Å². The predicted octanol–water partition coefficient (Wildman–Crippen LogP) is 9.99. The van der Waals surface area contributed by atoms with Crippen LogP contribution in [0.15, 0.2) is 47.4 Å². The number of ether oxygens (including phenoxy) is 3. The van der Waals surface area contributed by atoms with Crippen LogP contribution in [0.2, 0.25) is 42.3 Å². The van der Waals surface area contributed by atoms with Gasteiger partial charge in [-0.2, -0.15) is 0 Å². The van der Waals surface area contributed by atoms with Crippen molar-refractivity contribution in [3.63, 3.8) is 0 Å². The molecule has 0 amide bonds. The summed E-state index contributed by atoms with van der Waals surface area (Å²) >= 11 is 0.